The molecular weight excluding hydrogens is 281 g/mol. The van der Waals surface area contributed by atoms with E-state index in [0.29, 0.717) is 5.92 Å². The highest BCUT2D eigenvalue weighted by Gasteiger charge is 2.26. The molecule has 1 aliphatic heterocycles. The summed E-state index contributed by atoms with van der Waals surface area (Å²) < 4.78 is 15.0. The molecule has 0 saturated heterocycles. The number of nitrogens with zero attached hydrogens (tertiary/aromatic N) is 1. The number of halogens is 1. The smallest absolute Gasteiger partial charge is 0.131 e. The van der Waals surface area contributed by atoms with Crippen LogP contribution in [0.2, 0.25) is 0 Å². The summed E-state index contributed by atoms with van der Waals surface area (Å²) in [5.41, 5.74) is 2.77. The number of hydrogen-bond acceptors (Lipinski definition) is 2. The predicted octanol–water partition coefficient (Wildman–Crippen LogP) is 4.62. The van der Waals surface area contributed by atoms with Gasteiger partial charge in [-0.25, -0.2) is 4.39 Å². The Balaban J connectivity index is 1.86. The van der Waals surface area contributed by atoms with E-state index in [1.165, 1.54) is 16.0 Å². The predicted molar refractivity (Wildman–Crippen MR) is 86.4 cm³/mol. The van der Waals surface area contributed by atoms with E-state index >= 15 is 0 Å². The molecule has 1 nitrogen and oxygen atoms in total. The lowest BCUT2D eigenvalue weighted by Gasteiger charge is -2.31. The van der Waals surface area contributed by atoms with Gasteiger partial charge in [0.15, 0.2) is 0 Å². The van der Waals surface area contributed by atoms with Gasteiger partial charge in [-0.2, -0.15) is 0 Å². The third-order valence-corrected chi connectivity index (χ3v) is 5.45. The zero-order valence-corrected chi connectivity index (χ0v) is 12.7. The Kier molecular flexibility index (Phi) is 3.05. The summed E-state index contributed by atoms with van der Waals surface area (Å²) >= 11 is 1.72. The van der Waals surface area contributed by atoms with Gasteiger partial charge in [0.05, 0.1) is 0 Å². The summed E-state index contributed by atoms with van der Waals surface area (Å²) in [5, 5.41) is 0.753. The average molecular weight is 297 g/mol. The van der Waals surface area contributed by atoms with Crippen LogP contribution in [0.3, 0.4) is 0 Å². The van der Waals surface area contributed by atoms with E-state index in [0.717, 1.165) is 23.2 Å². The zero-order valence-electron chi connectivity index (χ0n) is 11.8. The number of hydrogen-bond donors (Lipinski definition) is 0. The largest absolute Gasteiger partial charge is 0.301 e. The highest BCUT2D eigenvalue weighted by atomic mass is 32.1. The molecule has 1 aromatic heterocycles. The van der Waals surface area contributed by atoms with Gasteiger partial charge in [-0.05, 0) is 36.4 Å². The Bertz CT molecular complexity index is 808. The van der Waals surface area contributed by atoms with Crippen LogP contribution in [-0.4, -0.2) is 18.5 Å². The molecule has 3 aromatic rings. The second-order valence-corrected chi connectivity index (χ2v) is 6.86. The molecule has 1 atom stereocenters. The van der Waals surface area contributed by atoms with Crippen molar-refractivity contribution in [3.63, 3.8) is 0 Å². The summed E-state index contributed by atoms with van der Waals surface area (Å²) in [6.45, 7) is 1.98. The number of rotatable bonds is 1. The molecule has 0 bridgehead atoms. The first kappa shape index (κ1) is 13.0. The van der Waals surface area contributed by atoms with Crippen LogP contribution in [0.4, 0.5) is 4.39 Å². The van der Waals surface area contributed by atoms with E-state index in [4.69, 9.17) is 0 Å². The molecule has 3 heteroatoms. The molecular formula is C18H16FNS. The molecule has 0 saturated carbocycles. The van der Waals surface area contributed by atoms with Crippen molar-refractivity contribution < 1.29 is 4.39 Å². The van der Waals surface area contributed by atoms with Crippen LogP contribution >= 0.6 is 11.3 Å². The third-order valence-electron chi connectivity index (χ3n) is 4.24. The van der Waals surface area contributed by atoms with Gasteiger partial charge >= 0.3 is 0 Å². The molecule has 0 spiro atoms. The standard InChI is InChI=1S/C18H16FNS/c1-20-10-12-5-2-3-6-13(12)15(11-20)18-9-14-16(19)7-4-8-17(14)21-18/h2-9,15H,10-11H2,1H3. The van der Waals surface area contributed by atoms with E-state index in [1.54, 1.807) is 23.5 Å². The fraction of sp³-hybridized carbons (Fsp3) is 0.222. The fourth-order valence-electron chi connectivity index (χ4n) is 3.24. The SMILES string of the molecule is CN1Cc2ccccc2C(c2cc3c(F)cccc3s2)C1. The highest BCUT2D eigenvalue weighted by molar-refractivity contribution is 7.19. The van der Waals surface area contributed by atoms with E-state index < -0.39 is 0 Å². The summed E-state index contributed by atoms with van der Waals surface area (Å²) in [4.78, 5) is 3.60. The Morgan fingerprint density at radius 2 is 2.00 bits per heavy atom. The molecule has 0 radical (unpaired) electrons. The van der Waals surface area contributed by atoms with Crippen molar-refractivity contribution in [3.05, 3.63) is 70.4 Å². The maximum atomic E-state index is 13.9. The number of benzene rings is 2. The van der Waals surface area contributed by atoms with Gasteiger partial charge < -0.3 is 4.90 Å². The summed E-state index contributed by atoms with van der Waals surface area (Å²) in [7, 11) is 2.15. The Labute approximate surface area is 127 Å². The van der Waals surface area contributed by atoms with Crippen molar-refractivity contribution >= 4 is 21.4 Å². The van der Waals surface area contributed by atoms with Crippen LogP contribution < -0.4 is 0 Å². The van der Waals surface area contributed by atoms with E-state index in [2.05, 4.69) is 36.2 Å². The molecule has 1 aliphatic rings. The maximum absolute atomic E-state index is 13.9. The first-order valence-electron chi connectivity index (χ1n) is 7.16. The van der Waals surface area contributed by atoms with Crippen LogP contribution in [-0.2, 0) is 6.54 Å². The van der Waals surface area contributed by atoms with Crippen LogP contribution in [0.25, 0.3) is 10.1 Å². The van der Waals surface area contributed by atoms with Crippen LogP contribution in [0.1, 0.15) is 21.9 Å². The second kappa shape index (κ2) is 4.93. The average Bonchev–Trinajstić information content (AvgIpc) is 2.92. The molecule has 2 heterocycles. The fourth-order valence-corrected chi connectivity index (χ4v) is 4.43. The zero-order chi connectivity index (χ0) is 14.4. The third kappa shape index (κ3) is 2.17. The molecule has 4 rings (SSSR count). The summed E-state index contributed by atoms with van der Waals surface area (Å²) in [5.74, 6) is 0.226. The van der Waals surface area contributed by atoms with E-state index in [1.807, 2.05) is 12.1 Å². The maximum Gasteiger partial charge on any atom is 0.131 e. The summed E-state index contributed by atoms with van der Waals surface area (Å²) in [6, 6.07) is 16.0. The van der Waals surface area contributed by atoms with Gasteiger partial charge in [-0.3, -0.25) is 0 Å². The number of likely N-dealkylation sites (N-methyl/N-ethyl adjacent to an activating group) is 1. The topological polar surface area (TPSA) is 3.24 Å². The number of thiophene rings is 1. The van der Waals surface area contributed by atoms with Crippen molar-refractivity contribution in [2.24, 2.45) is 0 Å². The van der Waals surface area contributed by atoms with Gasteiger partial charge in [-0.15, -0.1) is 11.3 Å². The van der Waals surface area contributed by atoms with Gasteiger partial charge in [0.25, 0.3) is 0 Å². The lowest BCUT2D eigenvalue weighted by molar-refractivity contribution is 0.296. The van der Waals surface area contributed by atoms with Crippen molar-refractivity contribution in [2.75, 3.05) is 13.6 Å². The molecule has 0 amide bonds. The molecule has 0 fully saturated rings. The number of fused-ring (bicyclic) bond motifs is 2. The Hall–Kier alpha value is -1.71. The molecule has 1 unspecified atom stereocenters. The lowest BCUT2D eigenvalue weighted by Crippen LogP contribution is -2.30. The van der Waals surface area contributed by atoms with Gasteiger partial charge in [-0.1, -0.05) is 30.3 Å². The Morgan fingerprint density at radius 3 is 2.86 bits per heavy atom. The van der Waals surface area contributed by atoms with Crippen LogP contribution in [0.15, 0.2) is 48.5 Å². The van der Waals surface area contributed by atoms with E-state index in [9.17, 15) is 4.39 Å². The Morgan fingerprint density at radius 1 is 1.14 bits per heavy atom. The molecule has 2 aromatic carbocycles. The van der Waals surface area contributed by atoms with Crippen molar-refractivity contribution in [1.29, 1.82) is 0 Å². The van der Waals surface area contributed by atoms with E-state index in [-0.39, 0.29) is 5.82 Å². The molecule has 0 aliphatic carbocycles. The minimum Gasteiger partial charge on any atom is -0.301 e. The van der Waals surface area contributed by atoms with Crippen LogP contribution in [0.5, 0.6) is 0 Å². The quantitative estimate of drug-likeness (QED) is 0.633. The van der Waals surface area contributed by atoms with Crippen molar-refractivity contribution in [1.82, 2.24) is 4.90 Å². The minimum absolute atomic E-state index is 0.118. The lowest BCUT2D eigenvalue weighted by atomic mass is 9.89. The van der Waals surface area contributed by atoms with Gasteiger partial charge in [0, 0.05) is 34.0 Å². The molecule has 0 N–H and O–H groups in total. The van der Waals surface area contributed by atoms with Gasteiger partial charge in [0.2, 0.25) is 0 Å². The monoisotopic (exact) mass is 297 g/mol. The molecule has 106 valence electrons. The van der Waals surface area contributed by atoms with Crippen LogP contribution in [0, 0.1) is 5.82 Å². The van der Waals surface area contributed by atoms with Gasteiger partial charge in [0.1, 0.15) is 5.82 Å². The summed E-state index contributed by atoms with van der Waals surface area (Å²) in [6.07, 6.45) is 0. The highest BCUT2D eigenvalue weighted by Crippen LogP contribution is 2.39. The second-order valence-electron chi connectivity index (χ2n) is 5.75. The first-order valence-corrected chi connectivity index (χ1v) is 7.98. The van der Waals surface area contributed by atoms with Crippen molar-refractivity contribution in [2.45, 2.75) is 12.5 Å². The normalized spacial score (nSPS) is 18.9. The minimum atomic E-state index is -0.118. The molecule has 21 heavy (non-hydrogen) atoms. The van der Waals surface area contributed by atoms with Crippen molar-refractivity contribution in [3.8, 4) is 0 Å². The first-order chi connectivity index (χ1) is 10.2.